The highest BCUT2D eigenvalue weighted by atomic mass is 16.2. The number of hydrogen-bond donors (Lipinski definition) is 2. The van der Waals surface area contributed by atoms with Crippen molar-refractivity contribution in [1.82, 2.24) is 20.1 Å². The molecule has 2 amide bonds. The number of rotatable bonds is 4. The Morgan fingerprint density at radius 1 is 1.28 bits per heavy atom. The van der Waals surface area contributed by atoms with Gasteiger partial charge < -0.3 is 15.2 Å². The number of aromatic amines is 1. The number of likely N-dealkylation sites (N-methyl/N-ethyl adjacent to an activating group) is 1. The molecule has 1 aromatic heterocycles. The summed E-state index contributed by atoms with van der Waals surface area (Å²) in [7, 11) is 1.65. The average Bonchev–Trinajstić information content (AvgIpc) is 3.03. The summed E-state index contributed by atoms with van der Waals surface area (Å²) in [5.74, 6) is 0.0420. The highest BCUT2D eigenvalue weighted by Gasteiger charge is 2.35. The number of amides is 2. The Bertz CT molecular complexity index is 768. The third-order valence-electron chi connectivity index (χ3n) is 5.00. The molecule has 0 aliphatic carbocycles. The Kier molecular flexibility index (Phi) is 5.08. The van der Waals surface area contributed by atoms with E-state index in [4.69, 9.17) is 0 Å². The van der Waals surface area contributed by atoms with Crippen molar-refractivity contribution in [3.8, 4) is 0 Å². The van der Waals surface area contributed by atoms with Crippen LogP contribution in [0, 0.1) is 0 Å². The molecule has 25 heavy (non-hydrogen) atoms. The second kappa shape index (κ2) is 7.27. The fraction of sp³-hybridized carbons (Fsp3) is 0.474. The molecule has 2 aromatic rings. The molecule has 1 fully saturated rings. The summed E-state index contributed by atoms with van der Waals surface area (Å²) < 4.78 is 0. The number of fused-ring (bicyclic) bond motifs is 1. The molecular weight excluding hydrogens is 316 g/mol. The fourth-order valence-electron chi connectivity index (χ4n) is 3.59. The summed E-state index contributed by atoms with van der Waals surface area (Å²) in [5, 5.41) is 3.81. The maximum Gasteiger partial charge on any atom is 0.238 e. The third kappa shape index (κ3) is 3.54. The molecule has 1 aliphatic rings. The zero-order valence-electron chi connectivity index (χ0n) is 15.1. The van der Waals surface area contributed by atoms with Gasteiger partial charge in [-0.25, -0.2) is 0 Å². The molecule has 1 aromatic carbocycles. The maximum atomic E-state index is 12.8. The molecule has 0 radical (unpaired) electrons. The van der Waals surface area contributed by atoms with Crippen LogP contribution >= 0.6 is 0 Å². The molecule has 6 heteroatoms. The molecule has 3 rings (SSSR count). The number of hydrogen-bond acceptors (Lipinski definition) is 3. The van der Waals surface area contributed by atoms with Crippen molar-refractivity contribution in [2.75, 3.05) is 26.7 Å². The first-order valence-corrected chi connectivity index (χ1v) is 8.81. The second-order valence-electron chi connectivity index (χ2n) is 6.84. The molecule has 2 heterocycles. The van der Waals surface area contributed by atoms with Crippen molar-refractivity contribution >= 4 is 22.7 Å². The Balaban J connectivity index is 1.73. The molecule has 0 spiro atoms. The van der Waals surface area contributed by atoms with Crippen LogP contribution in [-0.4, -0.2) is 65.4 Å². The van der Waals surface area contributed by atoms with Crippen LogP contribution in [0.4, 0.5) is 0 Å². The van der Waals surface area contributed by atoms with Gasteiger partial charge in [0.2, 0.25) is 11.8 Å². The van der Waals surface area contributed by atoms with Gasteiger partial charge in [-0.2, -0.15) is 0 Å². The summed E-state index contributed by atoms with van der Waals surface area (Å²) in [4.78, 5) is 32.2. The van der Waals surface area contributed by atoms with Crippen LogP contribution in [0.25, 0.3) is 10.9 Å². The van der Waals surface area contributed by atoms with Crippen molar-refractivity contribution in [2.45, 2.75) is 32.4 Å². The van der Waals surface area contributed by atoms with Gasteiger partial charge in [0.25, 0.3) is 0 Å². The average molecular weight is 342 g/mol. The highest BCUT2D eigenvalue weighted by Crippen LogP contribution is 2.20. The first kappa shape index (κ1) is 17.5. The van der Waals surface area contributed by atoms with Crippen LogP contribution in [0.1, 0.15) is 19.4 Å². The second-order valence-corrected chi connectivity index (χ2v) is 6.84. The lowest BCUT2D eigenvalue weighted by molar-refractivity contribution is -0.138. The molecule has 1 atom stereocenters. The van der Waals surface area contributed by atoms with Crippen LogP contribution in [0.5, 0.6) is 0 Å². The molecule has 0 saturated carbocycles. The van der Waals surface area contributed by atoms with E-state index in [2.05, 4.69) is 29.0 Å². The van der Waals surface area contributed by atoms with Crippen molar-refractivity contribution in [1.29, 1.82) is 0 Å². The van der Waals surface area contributed by atoms with E-state index in [-0.39, 0.29) is 23.9 Å². The van der Waals surface area contributed by atoms with Crippen LogP contribution in [0.15, 0.2) is 30.5 Å². The fourth-order valence-corrected chi connectivity index (χ4v) is 3.59. The number of aromatic nitrogens is 1. The summed E-state index contributed by atoms with van der Waals surface area (Å²) in [5.41, 5.74) is 2.04. The predicted octanol–water partition coefficient (Wildman–Crippen LogP) is 1.38. The van der Waals surface area contributed by atoms with E-state index in [1.165, 1.54) is 0 Å². The highest BCUT2D eigenvalue weighted by molar-refractivity contribution is 5.89. The summed E-state index contributed by atoms with van der Waals surface area (Å²) >= 11 is 0. The SMILES string of the molecule is CNC(=O)[C@@H]1CN(C(=O)Cc2c[nH]c3ccccc23)CCN1C(C)C. The minimum absolute atomic E-state index is 0.0294. The number of benzene rings is 1. The molecule has 1 saturated heterocycles. The van der Waals surface area contributed by atoms with Crippen LogP contribution in [-0.2, 0) is 16.0 Å². The van der Waals surface area contributed by atoms with Crippen molar-refractivity contribution in [2.24, 2.45) is 0 Å². The largest absolute Gasteiger partial charge is 0.361 e. The van der Waals surface area contributed by atoms with Crippen LogP contribution < -0.4 is 5.32 Å². The summed E-state index contributed by atoms with van der Waals surface area (Å²) in [6.07, 6.45) is 2.26. The monoisotopic (exact) mass is 342 g/mol. The van der Waals surface area contributed by atoms with Crippen molar-refractivity contribution < 1.29 is 9.59 Å². The van der Waals surface area contributed by atoms with Gasteiger partial charge in [-0.15, -0.1) is 0 Å². The molecule has 0 bridgehead atoms. The Hall–Kier alpha value is -2.34. The van der Waals surface area contributed by atoms with E-state index in [9.17, 15) is 9.59 Å². The maximum absolute atomic E-state index is 12.8. The minimum atomic E-state index is -0.286. The quantitative estimate of drug-likeness (QED) is 0.882. The smallest absolute Gasteiger partial charge is 0.238 e. The van der Waals surface area contributed by atoms with E-state index in [1.807, 2.05) is 35.4 Å². The number of nitrogens with zero attached hydrogens (tertiary/aromatic N) is 2. The lowest BCUT2D eigenvalue weighted by atomic mass is 10.1. The van der Waals surface area contributed by atoms with Gasteiger partial charge in [-0.3, -0.25) is 14.5 Å². The van der Waals surface area contributed by atoms with Gasteiger partial charge in [0, 0.05) is 49.8 Å². The third-order valence-corrected chi connectivity index (χ3v) is 5.00. The van der Waals surface area contributed by atoms with Crippen molar-refractivity contribution in [3.05, 3.63) is 36.0 Å². The molecule has 134 valence electrons. The van der Waals surface area contributed by atoms with Gasteiger partial charge in [0.15, 0.2) is 0 Å². The topological polar surface area (TPSA) is 68.4 Å². The van der Waals surface area contributed by atoms with E-state index < -0.39 is 0 Å². The van der Waals surface area contributed by atoms with E-state index in [0.717, 1.165) is 23.0 Å². The molecular formula is C19H26N4O2. The summed E-state index contributed by atoms with van der Waals surface area (Å²) in [6, 6.07) is 7.97. The van der Waals surface area contributed by atoms with Crippen LogP contribution in [0.2, 0.25) is 0 Å². The number of H-pyrrole nitrogens is 1. The minimum Gasteiger partial charge on any atom is -0.361 e. The number of para-hydroxylation sites is 1. The first-order chi connectivity index (χ1) is 12.0. The molecule has 1 aliphatic heterocycles. The number of carbonyl (C=O) groups is 2. The van der Waals surface area contributed by atoms with Gasteiger partial charge in [-0.05, 0) is 25.5 Å². The lowest BCUT2D eigenvalue weighted by Gasteiger charge is -2.42. The Morgan fingerprint density at radius 2 is 2.04 bits per heavy atom. The van der Waals surface area contributed by atoms with Gasteiger partial charge >= 0.3 is 0 Å². The van der Waals surface area contributed by atoms with Gasteiger partial charge in [-0.1, -0.05) is 18.2 Å². The van der Waals surface area contributed by atoms with Gasteiger partial charge in [0.05, 0.1) is 6.42 Å². The Morgan fingerprint density at radius 3 is 2.76 bits per heavy atom. The van der Waals surface area contributed by atoms with E-state index in [1.54, 1.807) is 7.05 Å². The van der Waals surface area contributed by atoms with E-state index in [0.29, 0.717) is 19.5 Å². The number of carbonyl (C=O) groups excluding carboxylic acids is 2. The number of piperazine rings is 1. The standard InChI is InChI=1S/C19H26N4O2/c1-13(2)23-9-8-22(12-17(23)19(25)20-3)18(24)10-14-11-21-16-7-5-4-6-15(14)16/h4-7,11,13,17,21H,8-10,12H2,1-3H3,(H,20,25)/t17-/m0/s1. The normalized spacial score (nSPS) is 18.7. The predicted molar refractivity (Wildman–Crippen MR) is 98.3 cm³/mol. The zero-order valence-corrected chi connectivity index (χ0v) is 15.1. The van der Waals surface area contributed by atoms with Crippen molar-refractivity contribution in [3.63, 3.8) is 0 Å². The molecule has 0 unspecified atom stereocenters. The number of nitrogens with one attached hydrogen (secondary N) is 2. The van der Waals surface area contributed by atoms with E-state index >= 15 is 0 Å². The van der Waals surface area contributed by atoms with Crippen LogP contribution in [0.3, 0.4) is 0 Å². The van der Waals surface area contributed by atoms with Gasteiger partial charge in [0.1, 0.15) is 6.04 Å². The Labute approximate surface area is 148 Å². The molecule has 6 nitrogen and oxygen atoms in total. The molecule has 2 N–H and O–H groups in total. The zero-order chi connectivity index (χ0) is 18.0. The summed E-state index contributed by atoms with van der Waals surface area (Å²) in [6.45, 7) is 5.99. The first-order valence-electron chi connectivity index (χ1n) is 8.81. The lowest BCUT2D eigenvalue weighted by Crippen LogP contribution is -2.61.